The maximum Gasteiger partial charge on any atom is 0.0659 e. The highest BCUT2D eigenvalue weighted by molar-refractivity contribution is 5.92. The highest BCUT2D eigenvalue weighted by atomic mass is 15.0. The fourth-order valence-electron chi connectivity index (χ4n) is 3.39. The molecule has 0 saturated carbocycles. The van der Waals surface area contributed by atoms with E-state index in [0.29, 0.717) is 0 Å². The molecule has 0 saturated heterocycles. The van der Waals surface area contributed by atoms with Gasteiger partial charge in [0.25, 0.3) is 0 Å². The molecular formula is C22H30N2. The number of hydrogen-bond donors (Lipinski definition) is 2. The third-order valence-electron chi connectivity index (χ3n) is 4.29. The summed E-state index contributed by atoms with van der Waals surface area (Å²) in [5, 5.41) is 7.29. The number of hydrogen-bond acceptors (Lipinski definition) is 2. The summed E-state index contributed by atoms with van der Waals surface area (Å²) < 4.78 is 0. The van der Waals surface area contributed by atoms with Gasteiger partial charge in [-0.15, -0.1) is 0 Å². The molecule has 2 N–H and O–H groups in total. The number of benzene rings is 2. The first kappa shape index (κ1) is 16.9. The van der Waals surface area contributed by atoms with E-state index in [9.17, 15) is 0 Å². The van der Waals surface area contributed by atoms with E-state index in [1.807, 2.05) is 0 Å². The fraction of sp³-hybridized carbons (Fsp3) is 0.455. The van der Waals surface area contributed by atoms with Crippen molar-refractivity contribution in [2.24, 2.45) is 10.8 Å². The standard InChI is InChI=1S/C22H30N2/c1-21(2,3)13-15-11-12-19-20(16(15)14-22(4,5)6)24-18-10-8-7-9-17(18)23-19/h7-12,23-24H,13-14H2,1-6H3. The van der Waals surface area contributed by atoms with Crippen molar-refractivity contribution in [3.05, 3.63) is 47.5 Å². The van der Waals surface area contributed by atoms with E-state index >= 15 is 0 Å². The second-order valence-electron chi connectivity index (χ2n) is 9.40. The Balaban J connectivity index is 2.09. The molecule has 2 aromatic rings. The van der Waals surface area contributed by atoms with Gasteiger partial charge in [-0.2, -0.15) is 0 Å². The van der Waals surface area contributed by atoms with Gasteiger partial charge in [-0.05, 0) is 53.0 Å². The Labute approximate surface area is 146 Å². The summed E-state index contributed by atoms with van der Waals surface area (Å²) in [4.78, 5) is 0. The van der Waals surface area contributed by atoms with Crippen LogP contribution in [0, 0.1) is 10.8 Å². The van der Waals surface area contributed by atoms with E-state index in [1.54, 1.807) is 0 Å². The van der Waals surface area contributed by atoms with Gasteiger partial charge in [0, 0.05) is 0 Å². The molecule has 0 amide bonds. The Morgan fingerprint density at radius 3 is 1.83 bits per heavy atom. The Kier molecular flexibility index (Phi) is 4.11. The highest BCUT2D eigenvalue weighted by Gasteiger charge is 2.25. The van der Waals surface area contributed by atoms with E-state index in [2.05, 4.69) is 88.6 Å². The molecule has 2 aromatic carbocycles. The van der Waals surface area contributed by atoms with Crippen LogP contribution in [0.15, 0.2) is 36.4 Å². The molecule has 128 valence electrons. The summed E-state index contributed by atoms with van der Waals surface area (Å²) >= 11 is 0. The van der Waals surface area contributed by atoms with Gasteiger partial charge in [-0.25, -0.2) is 0 Å². The van der Waals surface area contributed by atoms with E-state index in [4.69, 9.17) is 0 Å². The minimum atomic E-state index is 0.250. The summed E-state index contributed by atoms with van der Waals surface area (Å²) in [6, 6.07) is 13.0. The number of fused-ring (bicyclic) bond motifs is 2. The molecule has 0 fully saturated rings. The van der Waals surface area contributed by atoms with Crippen LogP contribution in [-0.4, -0.2) is 0 Å². The first-order chi connectivity index (χ1) is 11.1. The number of para-hydroxylation sites is 2. The largest absolute Gasteiger partial charge is 0.352 e. The van der Waals surface area contributed by atoms with Gasteiger partial charge in [0.05, 0.1) is 22.7 Å². The van der Waals surface area contributed by atoms with Crippen molar-refractivity contribution in [3.63, 3.8) is 0 Å². The topological polar surface area (TPSA) is 24.1 Å². The monoisotopic (exact) mass is 322 g/mol. The summed E-state index contributed by atoms with van der Waals surface area (Å²) in [6.07, 6.45) is 2.16. The quantitative estimate of drug-likeness (QED) is 0.551. The lowest BCUT2D eigenvalue weighted by atomic mass is 9.80. The Morgan fingerprint density at radius 2 is 1.25 bits per heavy atom. The summed E-state index contributed by atoms with van der Waals surface area (Å²) in [5.41, 5.74) is 8.20. The summed E-state index contributed by atoms with van der Waals surface area (Å²) in [6.45, 7) is 13.9. The minimum Gasteiger partial charge on any atom is -0.352 e. The van der Waals surface area contributed by atoms with Crippen LogP contribution in [0.2, 0.25) is 0 Å². The Morgan fingerprint density at radius 1 is 0.667 bits per heavy atom. The van der Waals surface area contributed by atoms with Gasteiger partial charge in [0.1, 0.15) is 0 Å². The number of anilines is 4. The summed E-state index contributed by atoms with van der Waals surface area (Å²) in [5.74, 6) is 0. The summed E-state index contributed by atoms with van der Waals surface area (Å²) in [7, 11) is 0. The maximum atomic E-state index is 3.70. The van der Waals surface area contributed by atoms with Crippen molar-refractivity contribution < 1.29 is 0 Å². The highest BCUT2D eigenvalue weighted by Crippen LogP contribution is 2.44. The third-order valence-corrected chi connectivity index (χ3v) is 4.29. The van der Waals surface area contributed by atoms with Crippen LogP contribution in [0.3, 0.4) is 0 Å². The predicted molar refractivity (Wildman–Crippen MR) is 106 cm³/mol. The smallest absolute Gasteiger partial charge is 0.0659 e. The van der Waals surface area contributed by atoms with Crippen LogP contribution in [0.4, 0.5) is 22.7 Å². The van der Waals surface area contributed by atoms with Gasteiger partial charge in [0.15, 0.2) is 0 Å². The lowest BCUT2D eigenvalue weighted by molar-refractivity contribution is 0.393. The van der Waals surface area contributed by atoms with E-state index in [1.165, 1.54) is 22.5 Å². The lowest BCUT2D eigenvalue weighted by Crippen LogP contribution is -2.18. The van der Waals surface area contributed by atoms with Crippen LogP contribution in [-0.2, 0) is 12.8 Å². The van der Waals surface area contributed by atoms with Crippen molar-refractivity contribution in [3.8, 4) is 0 Å². The van der Waals surface area contributed by atoms with Gasteiger partial charge in [0.2, 0.25) is 0 Å². The second kappa shape index (κ2) is 5.84. The molecule has 2 nitrogen and oxygen atoms in total. The van der Waals surface area contributed by atoms with Gasteiger partial charge < -0.3 is 10.6 Å². The Bertz CT molecular complexity index is 746. The number of rotatable bonds is 2. The van der Waals surface area contributed by atoms with Crippen LogP contribution >= 0.6 is 0 Å². The zero-order valence-electron chi connectivity index (χ0n) is 15.9. The average molecular weight is 322 g/mol. The molecule has 0 aliphatic carbocycles. The van der Waals surface area contributed by atoms with Crippen molar-refractivity contribution in [1.82, 2.24) is 0 Å². The van der Waals surface area contributed by atoms with Crippen LogP contribution < -0.4 is 10.6 Å². The van der Waals surface area contributed by atoms with Crippen molar-refractivity contribution >= 4 is 22.7 Å². The second-order valence-corrected chi connectivity index (χ2v) is 9.40. The molecule has 24 heavy (non-hydrogen) atoms. The molecule has 1 heterocycles. The first-order valence-electron chi connectivity index (χ1n) is 8.90. The van der Waals surface area contributed by atoms with E-state index in [0.717, 1.165) is 24.2 Å². The van der Waals surface area contributed by atoms with E-state index in [-0.39, 0.29) is 10.8 Å². The maximum absolute atomic E-state index is 3.70. The molecule has 3 rings (SSSR count). The SMILES string of the molecule is CC(C)(C)Cc1ccc2c(c1CC(C)(C)C)Nc1ccccc1N2. The van der Waals surface area contributed by atoms with Gasteiger partial charge in [-0.3, -0.25) is 0 Å². The molecule has 0 spiro atoms. The molecular weight excluding hydrogens is 292 g/mol. The third kappa shape index (κ3) is 3.75. The lowest BCUT2D eigenvalue weighted by Gasteiger charge is -2.31. The Hall–Kier alpha value is -1.96. The zero-order valence-corrected chi connectivity index (χ0v) is 15.9. The van der Waals surface area contributed by atoms with Crippen molar-refractivity contribution in [2.75, 3.05) is 10.6 Å². The van der Waals surface area contributed by atoms with Crippen molar-refractivity contribution in [2.45, 2.75) is 54.4 Å². The van der Waals surface area contributed by atoms with Crippen LogP contribution in [0.1, 0.15) is 52.7 Å². The average Bonchev–Trinajstić information content (AvgIpc) is 2.45. The normalized spacial score (nSPS) is 13.6. The number of nitrogens with one attached hydrogen (secondary N) is 2. The van der Waals surface area contributed by atoms with Gasteiger partial charge >= 0.3 is 0 Å². The minimum absolute atomic E-state index is 0.250. The molecule has 0 atom stereocenters. The van der Waals surface area contributed by atoms with Crippen LogP contribution in [0.5, 0.6) is 0 Å². The molecule has 0 radical (unpaired) electrons. The van der Waals surface area contributed by atoms with Gasteiger partial charge in [-0.1, -0.05) is 59.7 Å². The molecule has 0 unspecified atom stereocenters. The first-order valence-corrected chi connectivity index (χ1v) is 8.90. The molecule has 0 aromatic heterocycles. The molecule has 1 aliphatic rings. The predicted octanol–water partition coefficient (Wildman–Crippen LogP) is 6.66. The van der Waals surface area contributed by atoms with E-state index < -0.39 is 0 Å². The molecule has 1 aliphatic heterocycles. The zero-order chi connectivity index (χ0) is 17.5. The fourth-order valence-corrected chi connectivity index (χ4v) is 3.39. The molecule has 0 bridgehead atoms. The van der Waals surface area contributed by atoms with Crippen molar-refractivity contribution in [1.29, 1.82) is 0 Å². The molecule has 2 heteroatoms. The van der Waals surface area contributed by atoms with Crippen LogP contribution in [0.25, 0.3) is 0 Å².